The van der Waals surface area contributed by atoms with E-state index in [0.29, 0.717) is 17.4 Å². The fourth-order valence-corrected chi connectivity index (χ4v) is 2.61. The summed E-state index contributed by atoms with van der Waals surface area (Å²) in [7, 11) is 1.92. The van der Waals surface area contributed by atoms with E-state index < -0.39 is 0 Å². The Hall–Kier alpha value is -1.10. The first-order valence-corrected chi connectivity index (χ1v) is 7.36. The molecule has 0 aliphatic heterocycles. The summed E-state index contributed by atoms with van der Waals surface area (Å²) in [4.78, 5) is 4.35. The maximum atomic E-state index is 6.23. The standard InChI is InChI=1S/C14H17ClN2OS/c1-9-8-19-14(17-9)7-18-13-5-4-11(6-12(13)15)10(2)16-3/h4-6,8,10,16H,7H2,1-3H3. The van der Waals surface area contributed by atoms with Gasteiger partial charge in [-0.3, -0.25) is 0 Å². The monoisotopic (exact) mass is 296 g/mol. The summed E-state index contributed by atoms with van der Waals surface area (Å²) >= 11 is 7.83. The van der Waals surface area contributed by atoms with E-state index >= 15 is 0 Å². The highest BCUT2D eigenvalue weighted by Crippen LogP contribution is 2.28. The van der Waals surface area contributed by atoms with Crippen molar-refractivity contribution in [1.29, 1.82) is 0 Å². The maximum absolute atomic E-state index is 6.23. The lowest BCUT2D eigenvalue weighted by Crippen LogP contribution is -2.12. The van der Waals surface area contributed by atoms with Crippen molar-refractivity contribution < 1.29 is 4.74 Å². The SMILES string of the molecule is CNC(C)c1ccc(OCc2nc(C)cs2)c(Cl)c1. The van der Waals surface area contributed by atoms with E-state index in [4.69, 9.17) is 16.3 Å². The third-order valence-electron chi connectivity index (χ3n) is 2.91. The molecule has 0 saturated carbocycles. The molecular formula is C14H17ClN2OS. The first-order valence-electron chi connectivity index (χ1n) is 6.10. The van der Waals surface area contributed by atoms with E-state index in [9.17, 15) is 0 Å². The van der Waals surface area contributed by atoms with Crippen LogP contribution in [0, 0.1) is 6.92 Å². The molecule has 1 N–H and O–H groups in total. The van der Waals surface area contributed by atoms with Crippen molar-refractivity contribution in [2.24, 2.45) is 0 Å². The van der Waals surface area contributed by atoms with Gasteiger partial charge in [0.2, 0.25) is 0 Å². The molecular weight excluding hydrogens is 280 g/mol. The van der Waals surface area contributed by atoms with Crippen LogP contribution in [-0.4, -0.2) is 12.0 Å². The molecule has 1 aromatic carbocycles. The quantitative estimate of drug-likeness (QED) is 0.907. The van der Waals surface area contributed by atoms with Crippen molar-refractivity contribution in [3.8, 4) is 5.75 Å². The Bertz CT molecular complexity index is 556. The van der Waals surface area contributed by atoms with Crippen LogP contribution in [-0.2, 0) is 6.61 Å². The molecule has 2 aromatic rings. The number of nitrogens with zero attached hydrogens (tertiary/aromatic N) is 1. The molecule has 0 saturated heterocycles. The smallest absolute Gasteiger partial charge is 0.140 e. The van der Waals surface area contributed by atoms with Gasteiger partial charge in [-0.25, -0.2) is 4.98 Å². The number of ether oxygens (including phenoxy) is 1. The first-order chi connectivity index (χ1) is 9.10. The largest absolute Gasteiger partial charge is 0.485 e. The molecule has 1 aromatic heterocycles. The van der Waals surface area contributed by atoms with Gasteiger partial charge < -0.3 is 10.1 Å². The highest BCUT2D eigenvalue weighted by molar-refractivity contribution is 7.09. The number of halogens is 1. The molecule has 0 aliphatic carbocycles. The van der Waals surface area contributed by atoms with Crippen molar-refractivity contribution in [2.75, 3.05) is 7.05 Å². The summed E-state index contributed by atoms with van der Waals surface area (Å²) in [6.07, 6.45) is 0. The zero-order valence-corrected chi connectivity index (χ0v) is 12.8. The molecule has 1 unspecified atom stereocenters. The number of nitrogens with one attached hydrogen (secondary N) is 1. The summed E-state index contributed by atoms with van der Waals surface area (Å²) in [5.74, 6) is 0.696. The normalized spacial score (nSPS) is 12.4. The van der Waals surface area contributed by atoms with Crippen molar-refractivity contribution in [2.45, 2.75) is 26.5 Å². The first kappa shape index (κ1) is 14.3. The summed E-state index contributed by atoms with van der Waals surface area (Å²) < 4.78 is 5.70. The maximum Gasteiger partial charge on any atom is 0.140 e. The van der Waals surface area contributed by atoms with Gasteiger partial charge in [0.25, 0.3) is 0 Å². The minimum Gasteiger partial charge on any atom is -0.485 e. The van der Waals surface area contributed by atoms with Crippen LogP contribution >= 0.6 is 22.9 Å². The Morgan fingerprint density at radius 2 is 2.26 bits per heavy atom. The summed E-state index contributed by atoms with van der Waals surface area (Å²) in [5.41, 5.74) is 2.16. The van der Waals surface area contributed by atoms with Crippen molar-refractivity contribution in [3.63, 3.8) is 0 Å². The summed E-state index contributed by atoms with van der Waals surface area (Å²) in [6, 6.07) is 6.14. The Labute approximate surface area is 122 Å². The number of aromatic nitrogens is 1. The molecule has 0 amide bonds. The third-order valence-corrected chi connectivity index (χ3v) is 4.14. The second kappa shape index (κ2) is 6.37. The van der Waals surface area contributed by atoms with Gasteiger partial charge in [-0.1, -0.05) is 17.7 Å². The van der Waals surface area contributed by atoms with Crippen LogP contribution in [0.3, 0.4) is 0 Å². The van der Waals surface area contributed by atoms with Gasteiger partial charge >= 0.3 is 0 Å². The molecule has 3 nitrogen and oxygen atoms in total. The molecule has 0 aliphatic rings. The number of thiazole rings is 1. The highest BCUT2D eigenvalue weighted by Gasteiger charge is 2.08. The van der Waals surface area contributed by atoms with Crippen LogP contribution in [0.25, 0.3) is 0 Å². The average molecular weight is 297 g/mol. The minimum atomic E-state index is 0.271. The van der Waals surface area contributed by atoms with Gasteiger partial charge in [-0.15, -0.1) is 11.3 Å². The van der Waals surface area contributed by atoms with Crippen molar-refractivity contribution in [3.05, 3.63) is 44.9 Å². The summed E-state index contributed by atoms with van der Waals surface area (Å²) in [6.45, 7) is 4.52. The van der Waals surface area contributed by atoms with Gasteiger partial charge in [-0.2, -0.15) is 0 Å². The molecule has 5 heteroatoms. The Kier molecular flexibility index (Phi) is 4.80. The fourth-order valence-electron chi connectivity index (χ4n) is 1.68. The molecule has 2 rings (SSSR count). The van der Waals surface area contributed by atoms with Crippen LogP contribution in [0.5, 0.6) is 5.75 Å². The van der Waals surface area contributed by atoms with E-state index in [-0.39, 0.29) is 6.04 Å². The number of hydrogen-bond acceptors (Lipinski definition) is 4. The second-order valence-electron chi connectivity index (χ2n) is 4.37. The third kappa shape index (κ3) is 3.69. The zero-order valence-electron chi connectivity index (χ0n) is 11.2. The van der Waals surface area contributed by atoms with Gasteiger partial charge in [-0.05, 0) is 38.6 Å². The molecule has 0 radical (unpaired) electrons. The summed E-state index contributed by atoms with van der Waals surface area (Å²) in [5, 5.41) is 6.78. The fraction of sp³-hybridized carbons (Fsp3) is 0.357. The van der Waals surface area contributed by atoms with Gasteiger partial charge in [0.1, 0.15) is 17.4 Å². The van der Waals surface area contributed by atoms with Gasteiger partial charge in [0.05, 0.1) is 5.02 Å². The highest BCUT2D eigenvalue weighted by atomic mass is 35.5. The lowest BCUT2D eigenvalue weighted by molar-refractivity contribution is 0.305. The topological polar surface area (TPSA) is 34.1 Å². The molecule has 0 spiro atoms. The molecule has 0 fully saturated rings. The number of rotatable bonds is 5. The van der Waals surface area contributed by atoms with Crippen molar-refractivity contribution >= 4 is 22.9 Å². The number of aryl methyl sites for hydroxylation is 1. The predicted molar refractivity (Wildman–Crippen MR) is 80.1 cm³/mol. The molecule has 1 heterocycles. The minimum absolute atomic E-state index is 0.271. The lowest BCUT2D eigenvalue weighted by atomic mass is 10.1. The Morgan fingerprint density at radius 3 is 2.84 bits per heavy atom. The van der Waals surface area contributed by atoms with Gasteiger partial charge in [0.15, 0.2) is 0 Å². The van der Waals surface area contributed by atoms with E-state index in [2.05, 4.69) is 17.2 Å². The van der Waals surface area contributed by atoms with Crippen molar-refractivity contribution in [1.82, 2.24) is 10.3 Å². The van der Waals surface area contributed by atoms with E-state index in [1.165, 1.54) is 0 Å². The second-order valence-corrected chi connectivity index (χ2v) is 5.72. The van der Waals surface area contributed by atoms with Crippen LogP contribution in [0.15, 0.2) is 23.6 Å². The van der Waals surface area contributed by atoms with E-state index in [1.807, 2.05) is 37.6 Å². The molecule has 19 heavy (non-hydrogen) atoms. The van der Waals surface area contributed by atoms with Crippen LogP contribution < -0.4 is 10.1 Å². The van der Waals surface area contributed by atoms with Crippen LogP contribution in [0.1, 0.15) is 29.2 Å². The Balaban J connectivity index is 2.05. The predicted octanol–water partition coefficient (Wildman–Crippen LogP) is 3.96. The van der Waals surface area contributed by atoms with Crippen LogP contribution in [0.4, 0.5) is 0 Å². The Morgan fingerprint density at radius 1 is 1.47 bits per heavy atom. The lowest BCUT2D eigenvalue weighted by Gasteiger charge is -2.13. The number of hydrogen-bond donors (Lipinski definition) is 1. The van der Waals surface area contributed by atoms with Crippen LogP contribution in [0.2, 0.25) is 5.02 Å². The molecule has 1 atom stereocenters. The number of benzene rings is 1. The molecule has 0 bridgehead atoms. The molecule has 102 valence electrons. The van der Waals surface area contributed by atoms with E-state index in [0.717, 1.165) is 16.3 Å². The average Bonchev–Trinajstić information content (AvgIpc) is 2.82. The van der Waals surface area contributed by atoms with E-state index in [1.54, 1.807) is 11.3 Å². The zero-order chi connectivity index (χ0) is 13.8. The van der Waals surface area contributed by atoms with Gasteiger partial charge in [0, 0.05) is 17.1 Å².